The van der Waals surface area contributed by atoms with Crippen LogP contribution in [0.1, 0.15) is 22.3 Å². The third-order valence-electron chi connectivity index (χ3n) is 4.83. The number of nitrogens with zero attached hydrogens (tertiary/aromatic N) is 1. The number of carbonyl (C=O) groups is 2. The molecule has 2 amide bonds. The van der Waals surface area contributed by atoms with E-state index in [1.807, 2.05) is 0 Å². The van der Waals surface area contributed by atoms with Gasteiger partial charge >= 0.3 is 12.3 Å². The topological polar surface area (TPSA) is 92.4 Å². The molecule has 0 aliphatic carbocycles. The number of halogens is 3. The summed E-state index contributed by atoms with van der Waals surface area (Å²) in [5.41, 5.74) is 1.05. The highest BCUT2D eigenvalue weighted by atomic mass is 19.4. The minimum atomic E-state index is -4.43. The first kappa shape index (κ1) is 24.6. The maximum atomic E-state index is 12.9. The fourth-order valence-corrected chi connectivity index (χ4v) is 3.11. The standard InChI is InChI=1S/C24H23F3N4O3/c1-34-23(33)29-14-4-13-28-21-12-11-18(15-30-21)31-22(32)20-6-3-2-5-19(20)16-7-9-17(10-8-16)24(25,26)27/h2-3,5-12,15H,4,13-14H2,1H3,(H,28,30)(H,29,33)(H,31,32). The second kappa shape index (κ2) is 11.2. The van der Waals surface area contributed by atoms with Crippen LogP contribution in [0.15, 0.2) is 66.9 Å². The molecule has 7 nitrogen and oxygen atoms in total. The minimum Gasteiger partial charge on any atom is -0.453 e. The van der Waals surface area contributed by atoms with Crippen molar-refractivity contribution in [1.29, 1.82) is 0 Å². The van der Waals surface area contributed by atoms with Crippen molar-refractivity contribution in [3.63, 3.8) is 0 Å². The van der Waals surface area contributed by atoms with E-state index in [0.717, 1.165) is 12.1 Å². The van der Waals surface area contributed by atoms with Gasteiger partial charge in [0.2, 0.25) is 0 Å². The fourth-order valence-electron chi connectivity index (χ4n) is 3.11. The monoisotopic (exact) mass is 472 g/mol. The van der Waals surface area contributed by atoms with E-state index in [-0.39, 0.29) is 0 Å². The zero-order valence-electron chi connectivity index (χ0n) is 18.3. The van der Waals surface area contributed by atoms with E-state index in [0.29, 0.717) is 47.7 Å². The first-order valence-corrected chi connectivity index (χ1v) is 10.4. The van der Waals surface area contributed by atoms with Crippen molar-refractivity contribution < 1.29 is 27.5 Å². The molecule has 2 aromatic carbocycles. The summed E-state index contributed by atoms with van der Waals surface area (Å²) in [7, 11) is 1.30. The molecule has 3 rings (SSSR count). The Morgan fingerprint density at radius 3 is 2.35 bits per heavy atom. The molecule has 0 spiro atoms. The van der Waals surface area contributed by atoms with Crippen LogP contribution in [0.25, 0.3) is 11.1 Å². The Kier molecular flexibility index (Phi) is 8.07. The molecule has 0 saturated heterocycles. The molecule has 1 aromatic heterocycles. The molecular formula is C24H23F3N4O3. The van der Waals surface area contributed by atoms with Crippen molar-refractivity contribution in [1.82, 2.24) is 10.3 Å². The molecule has 0 aliphatic heterocycles. The summed E-state index contributed by atoms with van der Waals surface area (Å²) in [5.74, 6) is 0.188. The molecule has 178 valence electrons. The van der Waals surface area contributed by atoms with Crippen LogP contribution in [0.3, 0.4) is 0 Å². The van der Waals surface area contributed by atoms with Gasteiger partial charge in [0.05, 0.1) is 24.6 Å². The SMILES string of the molecule is COC(=O)NCCCNc1ccc(NC(=O)c2ccccc2-c2ccc(C(F)(F)F)cc2)cn1. The summed E-state index contributed by atoms with van der Waals surface area (Å²) in [4.78, 5) is 28.1. The van der Waals surface area contributed by atoms with E-state index in [1.54, 1.807) is 36.4 Å². The second-order valence-corrected chi connectivity index (χ2v) is 7.21. The number of hydrogen-bond donors (Lipinski definition) is 3. The van der Waals surface area contributed by atoms with E-state index < -0.39 is 23.7 Å². The fraction of sp³-hybridized carbons (Fsp3) is 0.208. The second-order valence-electron chi connectivity index (χ2n) is 7.21. The molecule has 3 aromatic rings. The lowest BCUT2D eigenvalue weighted by Gasteiger charge is -2.12. The van der Waals surface area contributed by atoms with Crippen molar-refractivity contribution in [3.05, 3.63) is 78.0 Å². The van der Waals surface area contributed by atoms with E-state index in [4.69, 9.17) is 0 Å². The predicted molar refractivity (Wildman–Crippen MR) is 123 cm³/mol. The van der Waals surface area contributed by atoms with Crippen LogP contribution in [0.2, 0.25) is 0 Å². The zero-order valence-corrected chi connectivity index (χ0v) is 18.3. The Bertz CT molecular complexity index is 1120. The number of ether oxygens (including phenoxy) is 1. The molecule has 1 heterocycles. The van der Waals surface area contributed by atoms with E-state index in [1.165, 1.54) is 25.4 Å². The summed E-state index contributed by atoms with van der Waals surface area (Å²) < 4.78 is 43.0. The lowest BCUT2D eigenvalue weighted by atomic mass is 9.98. The molecule has 0 bridgehead atoms. The van der Waals surface area contributed by atoms with Crippen molar-refractivity contribution in [2.24, 2.45) is 0 Å². The van der Waals surface area contributed by atoms with Gasteiger partial charge in [-0.2, -0.15) is 13.2 Å². The number of aromatic nitrogens is 1. The Hall–Kier alpha value is -4.08. The normalized spacial score (nSPS) is 10.9. The van der Waals surface area contributed by atoms with E-state index >= 15 is 0 Å². The average Bonchev–Trinajstić information content (AvgIpc) is 2.84. The molecule has 0 fully saturated rings. The van der Waals surface area contributed by atoms with Gasteiger partial charge in [0.25, 0.3) is 5.91 Å². The highest BCUT2D eigenvalue weighted by molar-refractivity contribution is 6.08. The first-order chi connectivity index (χ1) is 16.3. The first-order valence-electron chi connectivity index (χ1n) is 10.4. The van der Waals surface area contributed by atoms with E-state index in [9.17, 15) is 22.8 Å². The van der Waals surface area contributed by atoms with Crippen molar-refractivity contribution in [2.75, 3.05) is 30.8 Å². The lowest BCUT2D eigenvalue weighted by Crippen LogP contribution is -2.25. The van der Waals surface area contributed by atoms with Gasteiger partial charge in [-0.05, 0) is 47.9 Å². The zero-order chi connectivity index (χ0) is 24.6. The smallest absolute Gasteiger partial charge is 0.416 e. The Balaban J connectivity index is 1.61. The van der Waals surface area contributed by atoms with Crippen molar-refractivity contribution >= 4 is 23.5 Å². The summed E-state index contributed by atoms with van der Waals surface area (Å²) >= 11 is 0. The molecule has 0 saturated carbocycles. The predicted octanol–water partition coefficient (Wildman–Crippen LogP) is 5.18. The Labute approximate surface area is 194 Å². The van der Waals surface area contributed by atoms with Gasteiger partial charge in [-0.15, -0.1) is 0 Å². The summed E-state index contributed by atoms with van der Waals surface area (Å²) in [6, 6.07) is 14.7. The maximum Gasteiger partial charge on any atom is 0.416 e. The number of benzene rings is 2. The number of methoxy groups -OCH3 is 1. The van der Waals surface area contributed by atoms with Gasteiger partial charge in [-0.1, -0.05) is 30.3 Å². The molecular weight excluding hydrogens is 449 g/mol. The number of alkyl halides is 3. The van der Waals surface area contributed by atoms with E-state index in [2.05, 4.69) is 25.7 Å². The van der Waals surface area contributed by atoms with Gasteiger partial charge in [0.1, 0.15) is 5.82 Å². The molecule has 34 heavy (non-hydrogen) atoms. The maximum absolute atomic E-state index is 12.9. The highest BCUT2D eigenvalue weighted by Crippen LogP contribution is 2.32. The van der Waals surface area contributed by atoms with Crippen LogP contribution in [0.5, 0.6) is 0 Å². The Morgan fingerprint density at radius 1 is 0.971 bits per heavy atom. The minimum absolute atomic E-state index is 0.322. The number of alkyl carbamates (subject to hydrolysis) is 1. The number of carbonyl (C=O) groups excluding carboxylic acids is 2. The lowest BCUT2D eigenvalue weighted by molar-refractivity contribution is -0.137. The van der Waals surface area contributed by atoms with Gasteiger partial charge in [0, 0.05) is 18.7 Å². The number of anilines is 2. The quantitative estimate of drug-likeness (QED) is 0.393. The van der Waals surface area contributed by atoms with Crippen LogP contribution in [-0.4, -0.2) is 37.2 Å². The molecule has 0 radical (unpaired) electrons. The van der Waals surface area contributed by atoms with Gasteiger partial charge in [-0.3, -0.25) is 4.79 Å². The van der Waals surface area contributed by atoms with Crippen LogP contribution in [0.4, 0.5) is 29.5 Å². The van der Waals surface area contributed by atoms with Gasteiger partial charge in [0.15, 0.2) is 0 Å². The Morgan fingerprint density at radius 2 is 1.71 bits per heavy atom. The number of pyridine rings is 1. The molecule has 10 heteroatoms. The van der Waals surface area contributed by atoms with Gasteiger partial charge in [-0.25, -0.2) is 9.78 Å². The number of amides is 2. The van der Waals surface area contributed by atoms with Crippen LogP contribution >= 0.6 is 0 Å². The number of rotatable bonds is 8. The molecule has 0 atom stereocenters. The number of hydrogen-bond acceptors (Lipinski definition) is 5. The average molecular weight is 472 g/mol. The third-order valence-corrected chi connectivity index (χ3v) is 4.83. The summed E-state index contributed by atoms with van der Waals surface area (Å²) in [5, 5.41) is 8.43. The summed E-state index contributed by atoms with van der Waals surface area (Å²) in [6.45, 7) is 1.02. The van der Waals surface area contributed by atoms with Crippen LogP contribution in [-0.2, 0) is 10.9 Å². The highest BCUT2D eigenvalue weighted by Gasteiger charge is 2.30. The van der Waals surface area contributed by atoms with Crippen molar-refractivity contribution in [2.45, 2.75) is 12.6 Å². The molecule has 0 aliphatic rings. The summed E-state index contributed by atoms with van der Waals surface area (Å²) in [6.07, 6.45) is -2.76. The van der Waals surface area contributed by atoms with Crippen LogP contribution in [0, 0.1) is 0 Å². The molecule has 3 N–H and O–H groups in total. The number of nitrogens with one attached hydrogen (secondary N) is 3. The van der Waals surface area contributed by atoms with Crippen LogP contribution < -0.4 is 16.0 Å². The van der Waals surface area contributed by atoms with Gasteiger partial charge < -0.3 is 20.7 Å². The van der Waals surface area contributed by atoms with Crippen molar-refractivity contribution in [3.8, 4) is 11.1 Å². The largest absolute Gasteiger partial charge is 0.453 e. The third kappa shape index (κ3) is 6.71. The molecule has 0 unspecified atom stereocenters.